The lowest BCUT2D eigenvalue weighted by molar-refractivity contribution is 0.0618. The number of nitrogens with zero attached hydrogens (tertiary/aromatic N) is 1. The lowest BCUT2D eigenvalue weighted by Crippen LogP contribution is -2.25. The predicted molar refractivity (Wildman–Crippen MR) is 35.8 cm³/mol. The number of hydrogen-bond acceptors (Lipinski definition) is 1. The molecular weight excluding hydrogens is 114 g/mol. The molecule has 1 atom stereocenters. The molecule has 1 saturated heterocycles. The molecule has 1 aliphatic heterocycles. The Kier molecular flexibility index (Phi) is 2.49. The second kappa shape index (κ2) is 3.18. The van der Waals surface area contributed by atoms with Crippen molar-refractivity contribution >= 4 is 0 Å². The molecule has 0 aliphatic carbocycles. The first kappa shape index (κ1) is 7.03. The average molecular weight is 128 g/mol. The molecule has 0 aromatic heterocycles. The summed E-state index contributed by atoms with van der Waals surface area (Å²) >= 11 is 0. The van der Waals surface area contributed by atoms with Gasteiger partial charge in [-0.2, -0.15) is 0 Å². The van der Waals surface area contributed by atoms with Crippen LogP contribution in [-0.4, -0.2) is 31.1 Å². The van der Waals surface area contributed by atoms with E-state index in [0.29, 0.717) is 0 Å². The van der Waals surface area contributed by atoms with E-state index in [1.165, 1.54) is 6.42 Å². The lowest BCUT2D eigenvalue weighted by atomic mass is 10.2. The van der Waals surface area contributed by atoms with Gasteiger partial charge in [-0.05, 0) is 32.9 Å². The minimum Gasteiger partial charge on any atom is -0.304 e. The highest BCUT2D eigenvalue weighted by Gasteiger charge is 2.12. The van der Waals surface area contributed by atoms with Crippen LogP contribution in [0.25, 0.3) is 0 Å². The summed E-state index contributed by atoms with van der Waals surface area (Å²) in [6.45, 7) is 1.86. The maximum atomic E-state index is 10.9. The highest BCUT2D eigenvalue weighted by atomic mass is 16.3. The molecule has 1 unspecified atom stereocenters. The van der Waals surface area contributed by atoms with E-state index in [1.807, 2.05) is 7.05 Å². The molecule has 1 rings (SSSR count). The number of likely N-dealkylation sites (N-methyl/N-ethyl adjacent to an activating group) is 1. The second-order valence-electron chi connectivity index (χ2n) is 2.88. The molecule has 1 heterocycles. The van der Waals surface area contributed by atoms with E-state index in [9.17, 15) is 5.11 Å². The van der Waals surface area contributed by atoms with E-state index in [4.69, 9.17) is 0 Å². The summed E-state index contributed by atoms with van der Waals surface area (Å²) < 4.78 is 0. The summed E-state index contributed by atoms with van der Waals surface area (Å²) in [5.74, 6) is 0. The SMILES string of the molecule is CN1CCCCC([O])C1. The van der Waals surface area contributed by atoms with E-state index in [-0.39, 0.29) is 6.10 Å². The predicted octanol–water partition coefficient (Wildman–Crippen LogP) is 0.901. The first-order valence-corrected chi connectivity index (χ1v) is 3.63. The van der Waals surface area contributed by atoms with Gasteiger partial charge in [-0.3, -0.25) is 0 Å². The average Bonchev–Trinajstić information content (AvgIpc) is 1.93. The summed E-state index contributed by atoms with van der Waals surface area (Å²) in [6.07, 6.45) is 2.88. The Hall–Kier alpha value is -0.0800. The standard InChI is InChI=1S/C7H14NO/c1-8-5-3-2-4-7(9)6-8/h7H,2-6H2,1H3. The molecule has 53 valence electrons. The van der Waals surface area contributed by atoms with Crippen molar-refractivity contribution in [2.75, 3.05) is 20.1 Å². The fraction of sp³-hybridized carbons (Fsp3) is 1.00. The topological polar surface area (TPSA) is 23.1 Å². The van der Waals surface area contributed by atoms with Gasteiger partial charge in [0.2, 0.25) is 0 Å². The molecule has 0 amide bonds. The van der Waals surface area contributed by atoms with E-state index >= 15 is 0 Å². The number of rotatable bonds is 0. The lowest BCUT2D eigenvalue weighted by Gasteiger charge is -2.13. The Labute approximate surface area is 56.5 Å². The smallest absolute Gasteiger partial charge is 0.106 e. The Balaban J connectivity index is 2.29. The third kappa shape index (κ3) is 2.33. The normalized spacial score (nSPS) is 32.0. The molecular formula is C7H14NO. The molecule has 0 saturated carbocycles. The molecule has 2 nitrogen and oxygen atoms in total. The minimum atomic E-state index is -0.322. The fourth-order valence-electron chi connectivity index (χ4n) is 1.28. The second-order valence-corrected chi connectivity index (χ2v) is 2.88. The van der Waals surface area contributed by atoms with Crippen molar-refractivity contribution in [3.8, 4) is 0 Å². The maximum Gasteiger partial charge on any atom is 0.106 e. The summed E-state index contributed by atoms with van der Waals surface area (Å²) in [4.78, 5) is 2.13. The Morgan fingerprint density at radius 3 is 3.00 bits per heavy atom. The van der Waals surface area contributed by atoms with E-state index in [0.717, 1.165) is 25.9 Å². The molecule has 0 aromatic rings. The van der Waals surface area contributed by atoms with Gasteiger partial charge in [0.25, 0.3) is 0 Å². The van der Waals surface area contributed by atoms with Crippen LogP contribution in [0.5, 0.6) is 0 Å². The zero-order valence-electron chi connectivity index (χ0n) is 5.97. The van der Waals surface area contributed by atoms with Crippen LogP contribution in [0.3, 0.4) is 0 Å². The molecule has 1 radical (unpaired) electrons. The molecule has 9 heavy (non-hydrogen) atoms. The van der Waals surface area contributed by atoms with Crippen molar-refractivity contribution in [2.24, 2.45) is 0 Å². The molecule has 0 spiro atoms. The van der Waals surface area contributed by atoms with Crippen LogP contribution in [-0.2, 0) is 5.11 Å². The van der Waals surface area contributed by atoms with Crippen molar-refractivity contribution in [1.29, 1.82) is 0 Å². The third-order valence-electron chi connectivity index (χ3n) is 1.83. The number of likely N-dealkylation sites (tertiary alicyclic amines) is 1. The number of hydrogen-bond donors (Lipinski definition) is 0. The van der Waals surface area contributed by atoms with Crippen LogP contribution in [0.2, 0.25) is 0 Å². The fourth-order valence-corrected chi connectivity index (χ4v) is 1.28. The Morgan fingerprint density at radius 2 is 2.22 bits per heavy atom. The summed E-state index contributed by atoms with van der Waals surface area (Å²) in [5.41, 5.74) is 0. The van der Waals surface area contributed by atoms with Gasteiger partial charge in [0.05, 0.1) is 0 Å². The van der Waals surface area contributed by atoms with Gasteiger partial charge in [-0.15, -0.1) is 0 Å². The zero-order valence-corrected chi connectivity index (χ0v) is 5.97. The Bertz CT molecular complexity index is 75.0. The van der Waals surface area contributed by atoms with Crippen LogP contribution in [0.15, 0.2) is 0 Å². The van der Waals surface area contributed by atoms with Gasteiger partial charge in [-0.1, -0.05) is 0 Å². The molecule has 0 N–H and O–H groups in total. The van der Waals surface area contributed by atoms with E-state index < -0.39 is 0 Å². The Morgan fingerprint density at radius 1 is 1.44 bits per heavy atom. The van der Waals surface area contributed by atoms with Gasteiger partial charge in [0.1, 0.15) is 6.10 Å². The van der Waals surface area contributed by atoms with Crippen molar-refractivity contribution in [1.82, 2.24) is 4.90 Å². The molecule has 0 bridgehead atoms. The van der Waals surface area contributed by atoms with Crippen LogP contribution in [0.4, 0.5) is 0 Å². The molecule has 1 aliphatic rings. The third-order valence-corrected chi connectivity index (χ3v) is 1.83. The summed E-state index contributed by atoms with van der Waals surface area (Å²) in [7, 11) is 2.02. The van der Waals surface area contributed by atoms with Gasteiger partial charge < -0.3 is 4.90 Å². The van der Waals surface area contributed by atoms with Gasteiger partial charge in [0, 0.05) is 6.54 Å². The van der Waals surface area contributed by atoms with Crippen molar-refractivity contribution in [2.45, 2.75) is 25.4 Å². The van der Waals surface area contributed by atoms with Gasteiger partial charge in [-0.25, -0.2) is 5.11 Å². The van der Waals surface area contributed by atoms with Crippen LogP contribution >= 0.6 is 0 Å². The molecule has 0 aromatic carbocycles. The largest absolute Gasteiger partial charge is 0.304 e. The van der Waals surface area contributed by atoms with Crippen LogP contribution in [0.1, 0.15) is 19.3 Å². The van der Waals surface area contributed by atoms with Gasteiger partial charge in [0.15, 0.2) is 0 Å². The monoisotopic (exact) mass is 128 g/mol. The zero-order chi connectivity index (χ0) is 6.69. The van der Waals surface area contributed by atoms with E-state index in [2.05, 4.69) is 4.90 Å². The van der Waals surface area contributed by atoms with E-state index in [1.54, 1.807) is 0 Å². The first-order valence-electron chi connectivity index (χ1n) is 3.63. The highest BCUT2D eigenvalue weighted by Crippen LogP contribution is 2.08. The maximum absolute atomic E-state index is 10.9. The summed E-state index contributed by atoms with van der Waals surface area (Å²) in [5, 5.41) is 10.9. The highest BCUT2D eigenvalue weighted by molar-refractivity contribution is 4.65. The van der Waals surface area contributed by atoms with Crippen LogP contribution in [0, 0.1) is 0 Å². The molecule has 1 fully saturated rings. The van der Waals surface area contributed by atoms with Crippen molar-refractivity contribution in [3.05, 3.63) is 0 Å². The minimum absolute atomic E-state index is 0.322. The van der Waals surface area contributed by atoms with Gasteiger partial charge >= 0.3 is 0 Å². The van der Waals surface area contributed by atoms with Crippen LogP contribution < -0.4 is 0 Å². The van der Waals surface area contributed by atoms with Crippen molar-refractivity contribution in [3.63, 3.8) is 0 Å². The molecule has 2 heteroatoms. The van der Waals surface area contributed by atoms with Crippen molar-refractivity contribution < 1.29 is 5.11 Å². The first-order chi connectivity index (χ1) is 4.29. The quantitative estimate of drug-likeness (QED) is 0.475. The summed E-state index contributed by atoms with van der Waals surface area (Å²) in [6, 6.07) is 0.